The van der Waals surface area contributed by atoms with Crippen LogP contribution in [0.2, 0.25) is 0 Å². The highest BCUT2D eigenvalue weighted by Crippen LogP contribution is 2.36. The van der Waals surface area contributed by atoms with E-state index in [0.29, 0.717) is 12.1 Å². The van der Waals surface area contributed by atoms with Gasteiger partial charge in [-0.3, -0.25) is 4.90 Å². The van der Waals surface area contributed by atoms with E-state index in [2.05, 4.69) is 75.7 Å². The normalized spacial score (nSPS) is 23.3. The molecule has 0 amide bonds. The molecule has 1 aromatic carbocycles. The van der Waals surface area contributed by atoms with Crippen LogP contribution in [0.25, 0.3) is 22.3 Å². The maximum absolute atomic E-state index is 5.27. The van der Waals surface area contributed by atoms with Crippen molar-refractivity contribution in [1.29, 1.82) is 0 Å². The molecule has 1 N–H and O–H groups in total. The number of hydrogen-bond donors (Lipinski definition) is 1. The molecule has 3 fully saturated rings. The molecular formula is C29H41N7. The van der Waals surface area contributed by atoms with E-state index in [1.807, 2.05) is 0 Å². The fraction of sp³-hybridized carbons (Fsp3) is 0.586. The number of nitrogens with one attached hydrogen (secondary N) is 1. The lowest BCUT2D eigenvalue weighted by Gasteiger charge is -2.36. The summed E-state index contributed by atoms with van der Waals surface area (Å²) in [5.41, 5.74) is 4.91. The third-order valence-corrected chi connectivity index (χ3v) is 8.14. The minimum absolute atomic E-state index is 0.526. The quantitative estimate of drug-likeness (QED) is 0.560. The van der Waals surface area contributed by atoms with Gasteiger partial charge in [0.2, 0.25) is 5.95 Å². The van der Waals surface area contributed by atoms with Crippen LogP contribution in [0.4, 0.5) is 11.8 Å². The van der Waals surface area contributed by atoms with Crippen molar-refractivity contribution in [3.05, 3.63) is 35.9 Å². The van der Waals surface area contributed by atoms with Gasteiger partial charge < -0.3 is 19.7 Å². The second kappa shape index (κ2) is 10.0. The Morgan fingerprint density at radius 3 is 2.14 bits per heavy atom. The predicted octanol–water partition coefficient (Wildman–Crippen LogP) is 4.29. The van der Waals surface area contributed by atoms with Crippen LogP contribution in [0.5, 0.6) is 0 Å². The largest absolute Gasteiger partial charge is 0.356 e. The lowest BCUT2D eigenvalue weighted by Crippen LogP contribution is -2.54. The second-order valence-electron chi connectivity index (χ2n) is 11.2. The summed E-state index contributed by atoms with van der Waals surface area (Å²) in [4.78, 5) is 18.0. The van der Waals surface area contributed by atoms with Crippen molar-refractivity contribution in [1.82, 2.24) is 24.8 Å². The van der Waals surface area contributed by atoms with Crippen molar-refractivity contribution in [3.8, 4) is 11.3 Å². The zero-order chi connectivity index (χ0) is 24.6. The van der Waals surface area contributed by atoms with E-state index < -0.39 is 0 Å². The molecule has 2 aromatic heterocycles. The van der Waals surface area contributed by atoms with Crippen molar-refractivity contribution < 1.29 is 0 Å². The number of piperazine rings is 1. The number of aromatic nitrogens is 3. The first-order chi connectivity index (χ1) is 17.5. The molecule has 7 heteroatoms. The highest BCUT2D eigenvalue weighted by molar-refractivity contribution is 5.94. The Kier molecular flexibility index (Phi) is 6.61. The van der Waals surface area contributed by atoms with Gasteiger partial charge in [-0.1, -0.05) is 29.8 Å². The van der Waals surface area contributed by atoms with Crippen LogP contribution in [0, 0.1) is 6.92 Å². The summed E-state index contributed by atoms with van der Waals surface area (Å²) in [5, 5.41) is 4.88. The lowest BCUT2D eigenvalue weighted by atomic mass is 10.1. The Morgan fingerprint density at radius 2 is 1.47 bits per heavy atom. The third kappa shape index (κ3) is 4.71. The molecule has 0 bridgehead atoms. The summed E-state index contributed by atoms with van der Waals surface area (Å²) in [7, 11) is 0. The summed E-state index contributed by atoms with van der Waals surface area (Å²) >= 11 is 0. The Balaban J connectivity index is 1.45. The molecule has 3 aliphatic rings. The molecular weight excluding hydrogens is 446 g/mol. The van der Waals surface area contributed by atoms with Gasteiger partial charge in [-0.05, 0) is 58.1 Å². The highest BCUT2D eigenvalue weighted by atomic mass is 15.3. The van der Waals surface area contributed by atoms with Gasteiger partial charge in [0.05, 0.1) is 11.1 Å². The summed E-state index contributed by atoms with van der Waals surface area (Å²) in [6.07, 6.45) is 4.95. The number of aryl methyl sites for hydroxylation is 1. The minimum Gasteiger partial charge on any atom is -0.356 e. The van der Waals surface area contributed by atoms with Crippen LogP contribution in [0.3, 0.4) is 0 Å². The van der Waals surface area contributed by atoms with E-state index in [0.717, 1.165) is 69.8 Å². The van der Waals surface area contributed by atoms with Crippen LogP contribution in [0.1, 0.15) is 45.1 Å². The fourth-order valence-electron chi connectivity index (χ4n) is 6.38. The molecule has 2 atom stereocenters. The van der Waals surface area contributed by atoms with Gasteiger partial charge in [-0.2, -0.15) is 9.97 Å². The maximum atomic E-state index is 5.27. The molecule has 3 aromatic rings. The van der Waals surface area contributed by atoms with Crippen LogP contribution in [-0.2, 0) is 6.54 Å². The highest BCUT2D eigenvalue weighted by Gasteiger charge is 2.26. The molecule has 192 valence electrons. The second-order valence-corrected chi connectivity index (χ2v) is 11.2. The molecule has 5 heterocycles. The average molecular weight is 488 g/mol. The van der Waals surface area contributed by atoms with Gasteiger partial charge in [0.15, 0.2) is 0 Å². The van der Waals surface area contributed by atoms with Crippen LogP contribution < -0.4 is 15.1 Å². The van der Waals surface area contributed by atoms with Gasteiger partial charge in [0.1, 0.15) is 11.5 Å². The Morgan fingerprint density at radius 1 is 0.833 bits per heavy atom. The molecule has 36 heavy (non-hydrogen) atoms. The van der Waals surface area contributed by atoms with Crippen molar-refractivity contribution in [2.45, 2.75) is 65.1 Å². The molecule has 2 unspecified atom stereocenters. The topological polar surface area (TPSA) is 52.5 Å². The first kappa shape index (κ1) is 23.7. The number of nitrogens with zero attached hydrogens (tertiary/aromatic N) is 6. The molecule has 3 saturated heterocycles. The molecule has 7 nitrogen and oxygen atoms in total. The Bertz CT molecular complexity index is 1180. The van der Waals surface area contributed by atoms with Gasteiger partial charge >= 0.3 is 0 Å². The summed E-state index contributed by atoms with van der Waals surface area (Å²) in [5.74, 6) is 2.05. The van der Waals surface area contributed by atoms with Crippen LogP contribution >= 0.6 is 0 Å². The number of anilines is 2. The zero-order valence-corrected chi connectivity index (χ0v) is 22.2. The van der Waals surface area contributed by atoms with Crippen molar-refractivity contribution >= 4 is 22.8 Å². The Hall–Kier alpha value is -2.64. The SMILES string of the molecule is Cc1ccc(-c2cc3c(N4CCCC4)nc(N4CCCC4)nc3n2CCN2CC(C)NC(C)C2)cc1. The smallest absolute Gasteiger partial charge is 0.229 e. The van der Waals surface area contributed by atoms with Crippen molar-refractivity contribution in [2.24, 2.45) is 0 Å². The minimum atomic E-state index is 0.526. The van der Waals surface area contributed by atoms with Crippen LogP contribution in [-0.4, -0.2) is 77.3 Å². The van der Waals surface area contributed by atoms with E-state index >= 15 is 0 Å². The third-order valence-electron chi connectivity index (χ3n) is 8.14. The summed E-state index contributed by atoms with van der Waals surface area (Å²) in [6.45, 7) is 15.2. The van der Waals surface area contributed by atoms with Gasteiger partial charge in [0, 0.05) is 64.4 Å². The number of fused-ring (bicyclic) bond motifs is 1. The summed E-state index contributed by atoms with van der Waals surface area (Å²) in [6, 6.07) is 12.4. The first-order valence-electron chi connectivity index (χ1n) is 14.0. The molecule has 0 radical (unpaired) electrons. The van der Waals surface area contributed by atoms with Crippen molar-refractivity contribution in [3.63, 3.8) is 0 Å². The number of hydrogen-bond acceptors (Lipinski definition) is 6. The Labute approximate surface area is 215 Å². The van der Waals surface area contributed by atoms with E-state index in [-0.39, 0.29) is 0 Å². The summed E-state index contributed by atoms with van der Waals surface area (Å²) < 4.78 is 2.48. The standard InChI is InChI=1S/C29H41N7/c1-21-8-10-24(11-9-21)26-18-25-27(34-12-4-5-13-34)31-29(35-14-6-7-15-35)32-28(25)36(26)17-16-33-19-22(2)30-23(3)20-33/h8-11,18,22-23,30H,4-7,12-17,19-20H2,1-3H3. The lowest BCUT2D eigenvalue weighted by molar-refractivity contribution is 0.169. The molecule has 3 aliphatic heterocycles. The number of rotatable bonds is 6. The first-order valence-corrected chi connectivity index (χ1v) is 14.0. The fourth-order valence-corrected chi connectivity index (χ4v) is 6.38. The molecule has 0 aliphatic carbocycles. The van der Waals surface area contributed by atoms with E-state index in [9.17, 15) is 0 Å². The van der Waals surface area contributed by atoms with Gasteiger partial charge in [0.25, 0.3) is 0 Å². The average Bonchev–Trinajstić information content (AvgIpc) is 3.63. The van der Waals surface area contributed by atoms with Gasteiger partial charge in [-0.25, -0.2) is 0 Å². The molecule has 6 rings (SSSR count). The van der Waals surface area contributed by atoms with E-state index in [1.54, 1.807) is 0 Å². The monoisotopic (exact) mass is 487 g/mol. The van der Waals surface area contributed by atoms with Crippen molar-refractivity contribution in [2.75, 3.05) is 55.6 Å². The maximum Gasteiger partial charge on any atom is 0.229 e. The number of benzene rings is 1. The van der Waals surface area contributed by atoms with E-state index in [4.69, 9.17) is 9.97 Å². The van der Waals surface area contributed by atoms with Crippen LogP contribution in [0.15, 0.2) is 30.3 Å². The zero-order valence-electron chi connectivity index (χ0n) is 22.2. The molecule has 0 spiro atoms. The molecule has 0 saturated carbocycles. The van der Waals surface area contributed by atoms with Gasteiger partial charge in [-0.15, -0.1) is 0 Å². The predicted molar refractivity (Wildman–Crippen MR) is 149 cm³/mol. The van der Waals surface area contributed by atoms with E-state index in [1.165, 1.54) is 47.9 Å².